The summed E-state index contributed by atoms with van der Waals surface area (Å²) in [5, 5.41) is 0.784. The van der Waals surface area contributed by atoms with E-state index >= 15 is 0 Å². The van der Waals surface area contributed by atoms with Crippen LogP contribution in [0.15, 0.2) is 71.9 Å². The second-order valence-electron chi connectivity index (χ2n) is 6.19. The number of fused-ring (bicyclic) bond motifs is 1. The molecule has 0 saturated heterocycles. The van der Waals surface area contributed by atoms with Gasteiger partial charge in [0.25, 0.3) is 0 Å². The zero-order chi connectivity index (χ0) is 17.8. The molecule has 0 unspecified atom stereocenters. The third-order valence-corrected chi connectivity index (χ3v) is 5.29. The van der Waals surface area contributed by atoms with Crippen LogP contribution in [0, 0.1) is 0 Å². The molecule has 1 aromatic heterocycles. The number of nitrogens with one attached hydrogen (secondary N) is 2. The summed E-state index contributed by atoms with van der Waals surface area (Å²) < 4.78 is 1.13. The van der Waals surface area contributed by atoms with Crippen molar-refractivity contribution in [2.75, 3.05) is 5.43 Å². The molecule has 0 radical (unpaired) electrons. The van der Waals surface area contributed by atoms with E-state index in [-0.39, 0.29) is 5.78 Å². The molecule has 3 aromatic rings. The summed E-state index contributed by atoms with van der Waals surface area (Å²) in [6.45, 7) is 0. The normalized spacial score (nSPS) is 17.8. The highest BCUT2D eigenvalue weighted by Crippen LogP contribution is 2.27. The zero-order valence-corrected chi connectivity index (χ0v) is 15.1. The number of carbonyl (C=O) groups excluding carboxylic acids is 1. The molecule has 0 bridgehead atoms. The van der Waals surface area contributed by atoms with Crippen LogP contribution in [-0.2, 0) is 4.79 Å². The first kappa shape index (κ1) is 16.5. The molecular weight excluding hydrogens is 342 g/mol. The van der Waals surface area contributed by atoms with Crippen LogP contribution >= 0.6 is 11.3 Å². The Labute approximate surface area is 156 Å². The summed E-state index contributed by atoms with van der Waals surface area (Å²) >= 11 is 1.58. The van der Waals surface area contributed by atoms with Crippen LogP contribution < -0.4 is 10.9 Å². The topological polar surface area (TPSA) is 54.0 Å². The number of hydrogen-bond acceptors (Lipinski definition) is 5. The van der Waals surface area contributed by atoms with E-state index < -0.39 is 0 Å². The first-order chi connectivity index (χ1) is 12.8. The third-order valence-electron chi connectivity index (χ3n) is 4.34. The molecule has 0 atom stereocenters. The molecule has 5 heteroatoms. The van der Waals surface area contributed by atoms with Gasteiger partial charge in [-0.15, -0.1) is 0 Å². The lowest BCUT2D eigenvalue weighted by Crippen LogP contribution is -2.19. The van der Waals surface area contributed by atoms with E-state index in [9.17, 15) is 4.79 Å². The van der Waals surface area contributed by atoms with Crippen molar-refractivity contribution in [3.63, 3.8) is 0 Å². The van der Waals surface area contributed by atoms with Crippen LogP contribution in [0.2, 0.25) is 0 Å². The van der Waals surface area contributed by atoms with Gasteiger partial charge in [-0.1, -0.05) is 53.8 Å². The van der Waals surface area contributed by atoms with E-state index in [1.165, 1.54) is 0 Å². The largest absolute Gasteiger partial charge is 0.306 e. The van der Waals surface area contributed by atoms with Gasteiger partial charge >= 0.3 is 0 Å². The highest BCUT2D eigenvalue weighted by Gasteiger charge is 2.20. The number of rotatable bonds is 4. The van der Waals surface area contributed by atoms with Crippen molar-refractivity contribution in [3.05, 3.63) is 77.5 Å². The summed E-state index contributed by atoms with van der Waals surface area (Å²) in [4.78, 5) is 17.2. The Morgan fingerprint density at radius 2 is 1.73 bits per heavy atom. The van der Waals surface area contributed by atoms with Crippen LogP contribution in [0.5, 0.6) is 0 Å². The van der Waals surface area contributed by atoms with E-state index in [4.69, 9.17) is 0 Å². The molecule has 1 fully saturated rings. The van der Waals surface area contributed by atoms with Gasteiger partial charge in [0, 0.05) is 17.3 Å². The minimum absolute atomic E-state index is 0.124. The smallest absolute Gasteiger partial charge is 0.202 e. The maximum Gasteiger partial charge on any atom is 0.202 e. The van der Waals surface area contributed by atoms with Crippen molar-refractivity contribution in [2.45, 2.75) is 19.3 Å². The summed E-state index contributed by atoms with van der Waals surface area (Å²) in [6.07, 6.45) is 6.37. The van der Waals surface area contributed by atoms with Crippen molar-refractivity contribution in [1.29, 1.82) is 0 Å². The average Bonchev–Trinajstić information content (AvgIpc) is 3.08. The Bertz CT molecular complexity index is 956. The molecule has 1 aliphatic carbocycles. The van der Waals surface area contributed by atoms with Crippen molar-refractivity contribution in [3.8, 4) is 0 Å². The fraction of sp³-hybridized carbons (Fsp3) is 0.143. The van der Waals surface area contributed by atoms with E-state index in [1.807, 2.05) is 60.7 Å². The Hall–Kier alpha value is -2.92. The molecule has 0 spiro atoms. The van der Waals surface area contributed by atoms with Crippen LogP contribution in [0.3, 0.4) is 0 Å². The number of para-hydroxylation sites is 1. The highest BCUT2D eigenvalue weighted by atomic mass is 32.1. The van der Waals surface area contributed by atoms with E-state index in [2.05, 4.69) is 15.8 Å². The summed E-state index contributed by atoms with van der Waals surface area (Å²) in [6, 6.07) is 18.0. The van der Waals surface area contributed by atoms with E-state index in [0.717, 1.165) is 51.3 Å². The Balaban J connectivity index is 1.44. The molecule has 1 saturated carbocycles. The lowest BCUT2D eigenvalue weighted by atomic mass is 9.88. The van der Waals surface area contributed by atoms with Gasteiger partial charge in [0.2, 0.25) is 5.13 Å². The average molecular weight is 361 g/mol. The number of ketones is 1. The number of anilines is 1. The molecule has 4 nitrogen and oxygen atoms in total. The third kappa shape index (κ3) is 3.68. The first-order valence-electron chi connectivity index (χ1n) is 8.66. The number of benzene rings is 2. The number of carbonyl (C=O) groups is 1. The molecule has 0 amide bonds. The fourth-order valence-electron chi connectivity index (χ4n) is 3.04. The summed E-state index contributed by atoms with van der Waals surface area (Å²) in [5.74, 6) is 0.124. The number of aromatic nitrogens is 1. The number of thiazole rings is 1. The first-order valence-corrected chi connectivity index (χ1v) is 9.48. The van der Waals surface area contributed by atoms with Gasteiger partial charge in [-0.05, 0) is 43.0 Å². The SMILES string of the molecule is O=C1/C(=C\c2ccccc2)CCC/C1=C\NNc1nc2ccccc2s1. The maximum absolute atomic E-state index is 12.7. The minimum Gasteiger partial charge on any atom is -0.306 e. The molecular formula is C21H19N3OS. The quantitative estimate of drug-likeness (QED) is 0.511. The van der Waals surface area contributed by atoms with Gasteiger partial charge in [-0.25, -0.2) is 4.98 Å². The molecule has 4 rings (SSSR count). The van der Waals surface area contributed by atoms with Gasteiger partial charge in [0.05, 0.1) is 10.2 Å². The molecule has 1 heterocycles. The Morgan fingerprint density at radius 3 is 2.58 bits per heavy atom. The lowest BCUT2D eigenvalue weighted by Gasteiger charge is -2.16. The number of Topliss-reactive ketones (excluding diaryl/α,β-unsaturated/α-hetero) is 1. The van der Waals surface area contributed by atoms with Crippen LogP contribution in [0.1, 0.15) is 24.8 Å². The molecule has 2 aromatic carbocycles. The minimum atomic E-state index is 0.124. The van der Waals surface area contributed by atoms with Gasteiger partial charge in [0.15, 0.2) is 5.78 Å². The molecule has 1 aliphatic rings. The number of hydrogen-bond donors (Lipinski definition) is 2. The highest BCUT2D eigenvalue weighted by molar-refractivity contribution is 7.22. The number of nitrogens with zero attached hydrogens (tertiary/aromatic N) is 1. The monoisotopic (exact) mass is 361 g/mol. The standard InChI is InChI=1S/C21H19N3OS/c25-20-16(13-15-7-2-1-3-8-15)9-6-10-17(20)14-22-24-21-23-18-11-4-5-12-19(18)26-21/h1-5,7-8,11-14,22H,6,9-10H2,(H,23,24)/b16-13-,17-14+. The van der Waals surface area contributed by atoms with Crippen LogP contribution in [0.4, 0.5) is 5.13 Å². The predicted octanol–water partition coefficient (Wildman–Crippen LogP) is 4.93. The van der Waals surface area contributed by atoms with E-state index in [1.54, 1.807) is 17.5 Å². The second kappa shape index (κ2) is 7.54. The number of hydrazine groups is 1. The Morgan fingerprint density at radius 1 is 0.962 bits per heavy atom. The fourth-order valence-corrected chi connectivity index (χ4v) is 3.87. The molecule has 2 N–H and O–H groups in total. The van der Waals surface area contributed by atoms with Gasteiger partial charge in [-0.3, -0.25) is 10.2 Å². The second-order valence-corrected chi connectivity index (χ2v) is 7.22. The van der Waals surface area contributed by atoms with Gasteiger partial charge in [0.1, 0.15) is 0 Å². The van der Waals surface area contributed by atoms with Gasteiger partial charge < -0.3 is 5.43 Å². The van der Waals surface area contributed by atoms with Crippen molar-refractivity contribution in [1.82, 2.24) is 10.4 Å². The van der Waals surface area contributed by atoms with Crippen molar-refractivity contribution in [2.24, 2.45) is 0 Å². The van der Waals surface area contributed by atoms with Crippen LogP contribution in [0.25, 0.3) is 16.3 Å². The zero-order valence-electron chi connectivity index (χ0n) is 14.2. The van der Waals surface area contributed by atoms with Crippen molar-refractivity contribution >= 4 is 38.5 Å². The number of allylic oxidation sites excluding steroid dienone is 2. The van der Waals surface area contributed by atoms with Crippen LogP contribution in [-0.4, -0.2) is 10.8 Å². The predicted molar refractivity (Wildman–Crippen MR) is 108 cm³/mol. The van der Waals surface area contributed by atoms with E-state index in [0.29, 0.717) is 0 Å². The molecule has 26 heavy (non-hydrogen) atoms. The lowest BCUT2D eigenvalue weighted by molar-refractivity contribution is -0.112. The van der Waals surface area contributed by atoms with Gasteiger partial charge in [-0.2, -0.15) is 0 Å². The Kier molecular flexibility index (Phi) is 4.80. The van der Waals surface area contributed by atoms with Crippen molar-refractivity contribution < 1.29 is 4.79 Å². The molecule has 0 aliphatic heterocycles. The summed E-state index contributed by atoms with van der Waals surface area (Å²) in [5.41, 5.74) is 9.82. The molecule has 130 valence electrons. The summed E-state index contributed by atoms with van der Waals surface area (Å²) in [7, 11) is 0. The maximum atomic E-state index is 12.7.